The molecule has 0 N–H and O–H groups in total. The Balaban J connectivity index is 1.42. The lowest BCUT2D eigenvalue weighted by atomic mass is 9.92. The summed E-state index contributed by atoms with van der Waals surface area (Å²) >= 11 is 0. The maximum atomic E-state index is 14.9. The number of aryl methyl sites for hydroxylation is 1. The Morgan fingerprint density at radius 1 is 1.09 bits per heavy atom. The van der Waals surface area contributed by atoms with Crippen LogP contribution in [0.3, 0.4) is 0 Å². The average molecular weight is 478 g/mol. The fourth-order valence-electron chi connectivity index (χ4n) is 4.74. The predicted molar refractivity (Wildman–Crippen MR) is 125 cm³/mol. The Bertz CT molecular complexity index is 1420. The van der Waals surface area contributed by atoms with E-state index in [2.05, 4.69) is 16.3 Å². The van der Waals surface area contributed by atoms with E-state index in [0.29, 0.717) is 53.1 Å². The zero-order chi connectivity index (χ0) is 24.1. The predicted octanol–water partition coefficient (Wildman–Crippen LogP) is 5.45. The molecule has 35 heavy (non-hydrogen) atoms. The minimum atomic E-state index is -0.687. The number of methoxy groups -OCH3 is 1. The smallest absolute Gasteiger partial charge is 0.163 e. The summed E-state index contributed by atoms with van der Waals surface area (Å²) < 4.78 is 42.0. The third-order valence-electron chi connectivity index (χ3n) is 6.82. The second-order valence-electron chi connectivity index (χ2n) is 9.27. The number of nitrogens with zero attached hydrogens (tertiary/aromatic N) is 5. The normalized spacial score (nSPS) is 20.3. The number of pyridine rings is 1. The first-order valence-electron chi connectivity index (χ1n) is 11.8. The van der Waals surface area contributed by atoms with Crippen molar-refractivity contribution in [3.63, 3.8) is 0 Å². The lowest BCUT2D eigenvalue weighted by Gasteiger charge is -2.28. The standard InChI is InChI=1S/C26H25F2N5O2/c1-14-22(34-2)11-20-24(19-6-3-17(27)10-21(19)28)31-25(32-26(20)30-14)15-7-8-35-23(9-15)16-12-29-33(13-16)18-4-5-18/h3,6,10-13,15,18,23H,4-5,7-9H2,1-2H3/t15-,23+/m0/s1. The second kappa shape index (κ2) is 8.64. The van der Waals surface area contributed by atoms with Crippen molar-refractivity contribution in [1.82, 2.24) is 24.7 Å². The molecule has 0 bridgehead atoms. The molecule has 3 aromatic heterocycles. The molecule has 2 atom stereocenters. The van der Waals surface area contributed by atoms with Crippen LogP contribution in [-0.4, -0.2) is 38.4 Å². The van der Waals surface area contributed by atoms with Crippen LogP contribution in [0.15, 0.2) is 36.7 Å². The number of hydrogen-bond donors (Lipinski definition) is 0. The van der Waals surface area contributed by atoms with E-state index in [0.717, 1.165) is 18.1 Å². The average Bonchev–Trinajstić information content (AvgIpc) is 3.59. The number of fused-ring (bicyclic) bond motifs is 1. The molecule has 9 heteroatoms. The first-order chi connectivity index (χ1) is 17.0. The van der Waals surface area contributed by atoms with Crippen LogP contribution in [0.25, 0.3) is 22.3 Å². The molecule has 1 aromatic carbocycles. The van der Waals surface area contributed by atoms with Gasteiger partial charge in [-0.15, -0.1) is 0 Å². The Morgan fingerprint density at radius 3 is 2.71 bits per heavy atom. The van der Waals surface area contributed by atoms with Crippen molar-refractivity contribution in [2.75, 3.05) is 13.7 Å². The molecule has 1 aliphatic carbocycles. The minimum absolute atomic E-state index is 0.00566. The topological polar surface area (TPSA) is 75.0 Å². The molecule has 2 fully saturated rings. The molecule has 7 nitrogen and oxygen atoms in total. The highest BCUT2D eigenvalue weighted by Gasteiger charge is 2.31. The van der Waals surface area contributed by atoms with Gasteiger partial charge in [0, 0.05) is 41.3 Å². The molecule has 0 unspecified atom stereocenters. The third-order valence-corrected chi connectivity index (χ3v) is 6.82. The van der Waals surface area contributed by atoms with Gasteiger partial charge in [-0.3, -0.25) is 4.68 Å². The molecular formula is C26H25F2N5O2. The summed E-state index contributed by atoms with van der Waals surface area (Å²) in [6.45, 7) is 2.39. The van der Waals surface area contributed by atoms with Crippen LogP contribution >= 0.6 is 0 Å². The van der Waals surface area contributed by atoms with Crippen molar-refractivity contribution in [2.24, 2.45) is 0 Å². The lowest BCUT2D eigenvalue weighted by molar-refractivity contribution is 0.00396. The molecule has 4 aromatic rings. The zero-order valence-corrected chi connectivity index (χ0v) is 19.5. The summed E-state index contributed by atoms with van der Waals surface area (Å²) in [5.41, 5.74) is 2.75. The van der Waals surface area contributed by atoms with E-state index in [4.69, 9.17) is 19.4 Å². The SMILES string of the molecule is COc1cc2c(-c3ccc(F)cc3F)nc([C@H]3CCO[C@@H](c4cnn(C5CC5)c4)C3)nc2nc1C. The van der Waals surface area contributed by atoms with Crippen molar-refractivity contribution in [3.8, 4) is 17.0 Å². The van der Waals surface area contributed by atoms with Crippen LogP contribution in [0.4, 0.5) is 8.78 Å². The van der Waals surface area contributed by atoms with Crippen LogP contribution < -0.4 is 4.74 Å². The Labute approximate surface area is 201 Å². The van der Waals surface area contributed by atoms with Gasteiger partial charge in [0.25, 0.3) is 0 Å². The van der Waals surface area contributed by atoms with Gasteiger partial charge < -0.3 is 9.47 Å². The highest BCUT2D eigenvalue weighted by Crippen LogP contribution is 2.40. The van der Waals surface area contributed by atoms with Crippen LogP contribution in [-0.2, 0) is 4.74 Å². The summed E-state index contributed by atoms with van der Waals surface area (Å²) in [7, 11) is 1.55. The maximum absolute atomic E-state index is 14.9. The number of rotatable bonds is 5. The molecule has 1 saturated carbocycles. The van der Waals surface area contributed by atoms with Gasteiger partial charge in [-0.2, -0.15) is 5.10 Å². The first-order valence-corrected chi connectivity index (χ1v) is 11.8. The zero-order valence-electron chi connectivity index (χ0n) is 19.5. The Kier molecular flexibility index (Phi) is 5.44. The van der Waals surface area contributed by atoms with E-state index in [1.165, 1.54) is 25.0 Å². The maximum Gasteiger partial charge on any atom is 0.163 e. The number of hydrogen-bond acceptors (Lipinski definition) is 6. The first kappa shape index (κ1) is 22.0. The van der Waals surface area contributed by atoms with E-state index in [-0.39, 0.29) is 17.6 Å². The van der Waals surface area contributed by atoms with Gasteiger partial charge >= 0.3 is 0 Å². The molecule has 6 rings (SSSR count). The van der Waals surface area contributed by atoms with E-state index < -0.39 is 11.6 Å². The molecule has 1 saturated heterocycles. The van der Waals surface area contributed by atoms with Crippen LogP contribution in [0.5, 0.6) is 5.75 Å². The summed E-state index contributed by atoms with van der Waals surface area (Å²) in [6, 6.07) is 5.77. The molecular weight excluding hydrogens is 452 g/mol. The molecule has 0 amide bonds. The van der Waals surface area contributed by atoms with Crippen LogP contribution in [0.1, 0.15) is 60.8 Å². The number of aromatic nitrogens is 5. The fraction of sp³-hybridized carbons (Fsp3) is 0.385. The van der Waals surface area contributed by atoms with Crippen LogP contribution in [0, 0.1) is 18.6 Å². The van der Waals surface area contributed by atoms with E-state index in [9.17, 15) is 8.78 Å². The highest BCUT2D eigenvalue weighted by molar-refractivity contribution is 5.91. The van der Waals surface area contributed by atoms with Gasteiger partial charge in [0.15, 0.2) is 5.65 Å². The summed E-state index contributed by atoms with van der Waals surface area (Å²) in [5, 5.41) is 5.05. The number of ether oxygens (including phenoxy) is 2. The molecule has 0 spiro atoms. The van der Waals surface area contributed by atoms with Crippen LogP contribution in [0.2, 0.25) is 0 Å². The lowest BCUT2D eigenvalue weighted by Crippen LogP contribution is -2.20. The Morgan fingerprint density at radius 2 is 1.94 bits per heavy atom. The van der Waals surface area contributed by atoms with Crippen molar-refractivity contribution >= 4 is 11.0 Å². The molecule has 0 radical (unpaired) electrons. The van der Waals surface area contributed by atoms with E-state index in [1.54, 1.807) is 13.2 Å². The number of benzene rings is 1. The van der Waals surface area contributed by atoms with E-state index >= 15 is 0 Å². The third kappa shape index (κ3) is 4.14. The summed E-state index contributed by atoms with van der Waals surface area (Å²) in [4.78, 5) is 14.2. The van der Waals surface area contributed by atoms with Gasteiger partial charge in [-0.1, -0.05) is 0 Å². The van der Waals surface area contributed by atoms with Gasteiger partial charge in [-0.25, -0.2) is 23.7 Å². The quantitative estimate of drug-likeness (QED) is 0.380. The van der Waals surface area contributed by atoms with Crippen molar-refractivity contribution in [1.29, 1.82) is 0 Å². The summed E-state index contributed by atoms with van der Waals surface area (Å²) in [6.07, 6.45) is 7.59. The van der Waals surface area contributed by atoms with Gasteiger partial charge in [0.05, 0.1) is 36.8 Å². The highest BCUT2D eigenvalue weighted by atomic mass is 19.1. The number of halogens is 2. The molecule has 2 aliphatic rings. The van der Waals surface area contributed by atoms with Crippen molar-refractivity contribution < 1.29 is 18.3 Å². The van der Waals surface area contributed by atoms with Crippen molar-refractivity contribution in [2.45, 2.75) is 50.7 Å². The molecule has 1 aliphatic heterocycles. The van der Waals surface area contributed by atoms with Crippen molar-refractivity contribution in [3.05, 3.63) is 65.4 Å². The van der Waals surface area contributed by atoms with Gasteiger partial charge in [-0.05, 0) is 50.8 Å². The largest absolute Gasteiger partial charge is 0.495 e. The van der Waals surface area contributed by atoms with E-state index in [1.807, 2.05) is 17.8 Å². The van der Waals surface area contributed by atoms with Gasteiger partial charge in [0.2, 0.25) is 0 Å². The molecule has 4 heterocycles. The Hall–Kier alpha value is -3.46. The monoisotopic (exact) mass is 477 g/mol. The molecule has 180 valence electrons. The second-order valence-corrected chi connectivity index (χ2v) is 9.27. The summed E-state index contributed by atoms with van der Waals surface area (Å²) in [5.74, 6) is -0.204. The fourth-order valence-corrected chi connectivity index (χ4v) is 4.74. The minimum Gasteiger partial charge on any atom is -0.495 e. The van der Waals surface area contributed by atoms with Gasteiger partial charge in [0.1, 0.15) is 23.2 Å².